The molecular weight excluding hydrogens is 721 g/mol. The monoisotopic (exact) mass is 755 g/mol. The maximum Gasteiger partial charge on any atom is 0.415 e. The lowest BCUT2D eigenvalue weighted by atomic mass is 9.95. The van der Waals surface area contributed by atoms with Gasteiger partial charge >= 0.3 is 6.09 Å². The van der Waals surface area contributed by atoms with Crippen LogP contribution in [0, 0.1) is 5.82 Å². The van der Waals surface area contributed by atoms with Crippen molar-refractivity contribution in [1.82, 2.24) is 24.8 Å². The van der Waals surface area contributed by atoms with Crippen molar-refractivity contribution in [3.8, 4) is 5.75 Å². The number of alkyl halides is 1. The number of H-pyrrole nitrogens is 2. The minimum Gasteiger partial charge on any atom is -0.409 e. The maximum atomic E-state index is 14.3. The molecule has 1 unspecified atom stereocenters. The number of ether oxygens (including phenoxy) is 1. The third-order valence-corrected chi connectivity index (χ3v) is 10.9. The van der Waals surface area contributed by atoms with E-state index >= 15 is 0 Å². The number of amides is 3. The summed E-state index contributed by atoms with van der Waals surface area (Å²) < 4.78 is 19.8. The van der Waals surface area contributed by atoms with Crippen LogP contribution in [-0.2, 0) is 6.54 Å². The van der Waals surface area contributed by atoms with Gasteiger partial charge in [0.25, 0.3) is 11.8 Å². The fraction of sp³-hybridized carbons (Fsp3) is 0.190. The Kier molecular flexibility index (Phi) is 8.91. The molecule has 3 N–H and O–H groups in total. The highest BCUT2D eigenvalue weighted by molar-refractivity contribution is 6.19. The van der Waals surface area contributed by atoms with Crippen molar-refractivity contribution < 1.29 is 23.5 Å². The molecule has 5 heterocycles. The number of aromatic amines is 2. The molecule has 9 rings (SSSR count). The first-order valence-electron chi connectivity index (χ1n) is 18.0. The zero-order valence-electron chi connectivity index (χ0n) is 29.5. The molecule has 1 atom stereocenters. The van der Waals surface area contributed by atoms with Crippen LogP contribution in [0.5, 0.6) is 5.75 Å². The van der Waals surface area contributed by atoms with Crippen molar-refractivity contribution in [2.45, 2.75) is 12.5 Å². The average Bonchev–Trinajstić information content (AvgIpc) is 3.93. The molecule has 11 nitrogen and oxygen atoms in total. The standard InChI is InChI=1S/C42H35ClFN7O4/c43-22-28-24-51(41(53)36-20-27-18-30(6-8-34(27)48-36)46-40(52)35-19-26-17-29(44)5-7-33(26)47-35)37-21-38(31-3-1-2-4-32(31)39(28)37)55-42(54)50-15-13-49(14-16-50)23-25-9-11-45-12-10-25/h1-12,17-21,28,47-48H,13-16,22-24H2,(H,46,52). The molecule has 0 spiro atoms. The Morgan fingerprint density at radius 1 is 0.836 bits per heavy atom. The van der Waals surface area contributed by atoms with Crippen LogP contribution in [0.1, 0.15) is 38.0 Å². The summed E-state index contributed by atoms with van der Waals surface area (Å²) in [5.74, 6) is -0.493. The van der Waals surface area contributed by atoms with Crippen molar-refractivity contribution in [2.24, 2.45) is 0 Å². The van der Waals surface area contributed by atoms with E-state index in [2.05, 4.69) is 25.2 Å². The van der Waals surface area contributed by atoms with Crippen molar-refractivity contribution in [2.75, 3.05) is 48.8 Å². The number of piperazine rings is 1. The van der Waals surface area contributed by atoms with Gasteiger partial charge in [0.1, 0.15) is 23.0 Å². The second-order valence-electron chi connectivity index (χ2n) is 14.0. The number of carbonyl (C=O) groups is 3. The Morgan fingerprint density at radius 2 is 1.55 bits per heavy atom. The van der Waals surface area contributed by atoms with Gasteiger partial charge < -0.3 is 29.8 Å². The highest BCUT2D eigenvalue weighted by Crippen LogP contribution is 2.46. The van der Waals surface area contributed by atoms with E-state index in [1.807, 2.05) is 36.4 Å². The number of aromatic nitrogens is 3. The maximum absolute atomic E-state index is 14.3. The van der Waals surface area contributed by atoms with Crippen molar-refractivity contribution >= 4 is 73.5 Å². The van der Waals surface area contributed by atoms with E-state index in [-0.39, 0.29) is 23.5 Å². The smallest absolute Gasteiger partial charge is 0.409 e. The van der Waals surface area contributed by atoms with Crippen LogP contribution >= 0.6 is 11.6 Å². The predicted molar refractivity (Wildman–Crippen MR) is 211 cm³/mol. The summed E-state index contributed by atoms with van der Waals surface area (Å²) in [5, 5.41) is 5.85. The van der Waals surface area contributed by atoms with E-state index in [0.29, 0.717) is 83.5 Å². The minimum absolute atomic E-state index is 0.143. The first kappa shape index (κ1) is 34.5. The number of benzene rings is 4. The normalized spacial score (nSPS) is 15.9. The summed E-state index contributed by atoms with van der Waals surface area (Å²) in [6.07, 6.45) is 3.13. The second-order valence-corrected chi connectivity index (χ2v) is 14.3. The number of hydrogen-bond acceptors (Lipinski definition) is 6. The molecule has 7 aromatic rings. The molecule has 1 fully saturated rings. The van der Waals surface area contributed by atoms with E-state index in [0.717, 1.165) is 28.3 Å². The number of rotatable bonds is 7. The number of nitrogens with one attached hydrogen (secondary N) is 3. The van der Waals surface area contributed by atoms with E-state index in [9.17, 15) is 18.8 Å². The van der Waals surface area contributed by atoms with Gasteiger partial charge in [-0.15, -0.1) is 11.6 Å². The Hall–Kier alpha value is -6.24. The fourth-order valence-corrected chi connectivity index (χ4v) is 7.96. The Morgan fingerprint density at radius 3 is 2.33 bits per heavy atom. The third-order valence-electron chi connectivity index (χ3n) is 10.5. The summed E-state index contributed by atoms with van der Waals surface area (Å²) in [5.41, 5.74) is 5.30. The van der Waals surface area contributed by atoms with Gasteiger partial charge in [0, 0.05) is 102 Å². The Balaban J connectivity index is 0.949. The molecule has 2 aliphatic heterocycles. The highest BCUT2D eigenvalue weighted by Gasteiger charge is 2.36. The molecule has 0 aliphatic carbocycles. The lowest BCUT2D eigenvalue weighted by Gasteiger charge is -2.34. The molecule has 0 saturated carbocycles. The molecule has 0 radical (unpaired) electrons. The number of fused-ring (bicyclic) bond motifs is 5. The summed E-state index contributed by atoms with van der Waals surface area (Å²) >= 11 is 6.54. The van der Waals surface area contributed by atoms with Crippen LogP contribution in [0.2, 0.25) is 0 Å². The van der Waals surface area contributed by atoms with Crippen molar-refractivity contribution in [3.05, 3.63) is 132 Å². The van der Waals surface area contributed by atoms with Gasteiger partial charge in [-0.2, -0.15) is 0 Å². The SMILES string of the molecule is O=C(Nc1ccc2[nH]c(C(=O)N3CC(CCl)c4c3cc(OC(=O)N3CCN(Cc5ccncc5)CC3)c3ccccc43)cc2c1)c1cc2cc(F)ccc2[nH]1. The number of carbonyl (C=O) groups excluding carboxylic acids is 3. The molecule has 3 amide bonds. The van der Waals surface area contributed by atoms with E-state index in [1.165, 1.54) is 17.7 Å². The van der Waals surface area contributed by atoms with Crippen LogP contribution in [0.15, 0.2) is 103 Å². The summed E-state index contributed by atoms with van der Waals surface area (Å²) in [6.45, 7) is 3.63. The third kappa shape index (κ3) is 6.64. The number of halogens is 2. The van der Waals surface area contributed by atoms with E-state index < -0.39 is 6.09 Å². The molecule has 4 aromatic carbocycles. The fourth-order valence-electron chi connectivity index (χ4n) is 7.70. The lowest BCUT2D eigenvalue weighted by molar-refractivity contribution is 0.0982. The first-order chi connectivity index (χ1) is 26.8. The quantitative estimate of drug-likeness (QED) is 0.142. The minimum atomic E-state index is -0.435. The molecular formula is C42H35ClFN7O4. The molecule has 2 aliphatic rings. The zero-order chi connectivity index (χ0) is 37.6. The molecule has 276 valence electrons. The predicted octanol–water partition coefficient (Wildman–Crippen LogP) is 7.89. The van der Waals surface area contributed by atoms with Gasteiger partial charge in [-0.05, 0) is 77.2 Å². The van der Waals surface area contributed by atoms with Crippen LogP contribution in [0.4, 0.5) is 20.6 Å². The van der Waals surface area contributed by atoms with Crippen LogP contribution in [-0.4, -0.2) is 81.3 Å². The van der Waals surface area contributed by atoms with Crippen molar-refractivity contribution in [3.63, 3.8) is 0 Å². The van der Waals surface area contributed by atoms with E-state index in [4.69, 9.17) is 16.3 Å². The lowest BCUT2D eigenvalue weighted by Crippen LogP contribution is -2.49. The van der Waals surface area contributed by atoms with Gasteiger partial charge in [0.15, 0.2) is 0 Å². The van der Waals surface area contributed by atoms with Gasteiger partial charge in [0.05, 0.1) is 5.69 Å². The van der Waals surface area contributed by atoms with Gasteiger partial charge in [0.2, 0.25) is 0 Å². The average molecular weight is 756 g/mol. The summed E-state index contributed by atoms with van der Waals surface area (Å²) in [6, 6.07) is 26.5. The number of anilines is 2. The largest absolute Gasteiger partial charge is 0.415 e. The van der Waals surface area contributed by atoms with E-state index in [1.54, 1.807) is 64.7 Å². The van der Waals surface area contributed by atoms with Gasteiger partial charge in [-0.3, -0.25) is 19.5 Å². The Labute approximate surface area is 319 Å². The molecule has 55 heavy (non-hydrogen) atoms. The van der Waals surface area contributed by atoms with Gasteiger partial charge in [-0.25, -0.2) is 9.18 Å². The van der Waals surface area contributed by atoms with Crippen LogP contribution in [0.3, 0.4) is 0 Å². The second kappa shape index (κ2) is 14.2. The highest BCUT2D eigenvalue weighted by atomic mass is 35.5. The summed E-state index contributed by atoms with van der Waals surface area (Å²) in [7, 11) is 0. The number of nitrogens with zero attached hydrogens (tertiary/aromatic N) is 4. The van der Waals surface area contributed by atoms with Crippen LogP contribution < -0.4 is 15.0 Å². The van der Waals surface area contributed by atoms with Gasteiger partial charge in [-0.1, -0.05) is 24.3 Å². The molecule has 1 saturated heterocycles. The number of pyridine rings is 1. The topological polar surface area (TPSA) is 127 Å². The molecule has 13 heteroatoms. The first-order valence-corrected chi connectivity index (χ1v) is 18.6. The van der Waals surface area contributed by atoms with Crippen molar-refractivity contribution in [1.29, 1.82) is 0 Å². The zero-order valence-corrected chi connectivity index (χ0v) is 30.3. The van der Waals surface area contributed by atoms with Crippen LogP contribution in [0.25, 0.3) is 32.6 Å². The number of hydrogen-bond donors (Lipinski definition) is 3. The Bertz CT molecular complexity index is 2620. The molecule has 3 aromatic heterocycles. The summed E-state index contributed by atoms with van der Waals surface area (Å²) in [4.78, 5) is 57.0. The molecule has 0 bridgehead atoms.